The lowest BCUT2D eigenvalue weighted by Crippen LogP contribution is -2.43. The molecule has 48 heavy (non-hydrogen) atoms. The van der Waals surface area contributed by atoms with Crippen molar-refractivity contribution >= 4 is 17.8 Å². The van der Waals surface area contributed by atoms with E-state index in [-0.39, 0.29) is 29.4 Å². The van der Waals surface area contributed by atoms with E-state index in [2.05, 4.69) is 51.2 Å². The topological polar surface area (TPSA) is 107 Å². The Balaban J connectivity index is 1.14. The molecule has 0 radical (unpaired) electrons. The van der Waals surface area contributed by atoms with Gasteiger partial charge < -0.3 is 19.2 Å². The number of nitrogens with zero attached hydrogens (tertiary/aromatic N) is 3. The van der Waals surface area contributed by atoms with Crippen LogP contribution in [0, 0.1) is 24.2 Å². The largest absolute Gasteiger partial charge is 0.496 e. The van der Waals surface area contributed by atoms with Crippen molar-refractivity contribution in [2.45, 2.75) is 110 Å². The number of carbonyl (C=O) groups is 2. The fourth-order valence-corrected chi connectivity index (χ4v) is 7.23. The molecule has 0 bridgehead atoms. The molecule has 2 heterocycles. The van der Waals surface area contributed by atoms with Crippen LogP contribution in [-0.4, -0.2) is 48.3 Å². The highest BCUT2D eigenvalue weighted by molar-refractivity contribution is 5.94. The van der Waals surface area contributed by atoms with E-state index in [9.17, 15) is 9.59 Å². The normalized spacial score (nSPS) is 22.9. The first kappa shape index (κ1) is 34.0. The molecule has 6 rings (SSSR count). The molecule has 3 fully saturated rings. The number of aryl methyl sites for hydroxylation is 1. The molecule has 3 aliphatic rings. The van der Waals surface area contributed by atoms with Crippen molar-refractivity contribution < 1.29 is 23.5 Å². The summed E-state index contributed by atoms with van der Waals surface area (Å²) in [4.78, 5) is 38.2. The van der Waals surface area contributed by atoms with Crippen molar-refractivity contribution in [3.8, 4) is 17.0 Å². The van der Waals surface area contributed by atoms with Crippen LogP contribution in [0.15, 0.2) is 47.2 Å². The second-order valence-electron chi connectivity index (χ2n) is 15.4. The number of aromatic nitrogens is 2. The Kier molecular flexibility index (Phi) is 10.4. The number of nitrogens with one attached hydrogen (secondary N) is 1. The number of alkyl carbamates (subject to hydrolysis) is 1. The molecule has 9 nitrogen and oxygen atoms in total. The smallest absolute Gasteiger partial charge is 0.407 e. The fourth-order valence-electron chi connectivity index (χ4n) is 7.23. The van der Waals surface area contributed by atoms with Crippen molar-refractivity contribution in [3.05, 3.63) is 59.8 Å². The third kappa shape index (κ3) is 8.58. The van der Waals surface area contributed by atoms with E-state index in [0.717, 1.165) is 61.4 Å². The second-order valence-corrected chi connectivity index (χ2v) is 15.4. The van der Waals surface area contributed by atoms with Crippen molar-refractivity contribution in [3.63, 3.8) is 0 Å². The number of ether oxygens (including phenoxy) is 2. The van der Waals surface area contributed by atoms with Gasteiger partial charge in [0.25, 0.3) is 0 Å². The van der Waals surface area contributed by atoms with Crippen molar-refractivity contribution in [2.75, 3.05) is 25.1 Å². The van der Waals surface area contributed by atoms with Crippen LogP contribution in [0.2, 0.25) is 0 Å². The zero-order chi connectivity index (χ0) is 33.8. The lowest BCUT2D eigenvalue weighted by Gasteiger charge is -2.35. The Labute approximate surface area is 285 Å². The summed E-state index contributed by atoms with van der Waals surface area (Å²) >= 11 is 0. The lowest BCUT2D eigenvalue weighted by atomic mass is 9.78. The summed E-state index contributed by atoms with van der Waals surface area (Å²) in [5, 5.41) is 2.88. The van der Waals surface area contributed by atoms with Crippen LogP contribution < -0.4 is 15.0 Å². The minimum atomic E-state index is -0.375. The molecule has 3 saturated carbocycles. The van der Waals surface area contributed by atoms with Crippen LogP contribution in [0.25, 0.3) is 11.3 Å². The number of carbonyl (C=O) groups excluding carboxylic acids is 2. The average molecular weight is 657 g/mol. The maximum absolute atomic E-state index is 14.4. The van der Waals surface area contributed by atoms with Crippen LogP contribution in [0.5, 0.6) is 5.75 Å². The number of anilines is 1. The number of hydrogen-bond acceptors (Lipinski definition) is 7. The van der Waals surface area contributed by atoms with E-state index in [4.69, 9.17) is 23.9 Å². The molecular formula is C39H52N4O5. The van der Waals surface area contributed by atoms with E-state index in [1.165, 1.54) is 11.1 Å². The predicted molar refractivity (Wildman–Crippen MR) is 186 cm³/mol. The first-order chi connectivity index (χ1) is 23.1. The standard InChI is InChI=1S/C39H52N4O5/c1-25-20-30(14-17-34(25)46-5)27-8-6-26(7-9-27)22-43(35-21-31(18-19-40-35)33-23-47-36(42-33)28-10-11-28)37(44)29-12-15-32(16-13-29)48-38(45)41-24-39(2,3)4/h14,17-21,23,26-29,32H,6-13,15-16,22,24H2,1-5H3,(H,41,45). The molecule has 0 saturated heterocycles. The van der Waals surface area contributed by atoms with Gasteiger partial charge in [0.15, 0.2) is 5.89 Å². The summed E-state index contributed by atoms with van der Waals surface area (Å²) in [5.41, 5.74) is 4.22. The first-order valence-electron chi connectivity index (χ1n) is 17.9. The number of benzene rings is 1. The fraction of sp³-hybridized carbons (Fsp3) is 0.590. The minimum Gasteiger partial charge on any atom is -0.496 e. The number of pyridine rings is 1. The van der Waals surface area contributed by atoms with E-state index in [1.807, 2.05) is 17.0 Å². The summed E-state index contributed by atoms with van der Waals surface area (Å²) in [5.74, 6) is 3.69. The maximum Gasteiger partial charge on any atom is 0.407 e. The number of oxazole rings is 1. The Morgan fingerprint density at radius 3 is 2.35 bits per heavy atom. The van der Waals surface area contributed by atoms with Gasteiger partial charge in [-0.05, 0) is 118 Å². The Bertz CT molecular complexity index is 1560. The van der Waals surface area contributed by atoms with E-state index >= 15 is 0 Å². The molecule has 0 atom stereocenters. The molecule has 3 aliphatic carbocycles. The number of methoxy groups -OCH3 is 1. The molecule has 0 aliphatic heterocycles. The van der Waals surface area contributed by atoms with Gasteiger partial charge in [-0.3, -0.25) is 9.69 Å². The maximum atomic E-state index is 14.4. The Hall–Kier alpha value is -3.88. The quantitative estimate of drug-likeness (QED) is 0.233. The lowest BCUT2D eigenvalue weighted by molar-refractivity contribution is -0.124. The van der Waals surface area contributed by atoms with Gasteiger partial charge in [-0.1, -0.05) is 32.9 Å². The van der Waals surface area contributed by atoms with Gasteiger partial charge in [0, 0.05) is 36.7 Å². The van der Waals surface area contributed by atoms with Crippen molar-refractivity contribution in [1.82, 2.24) is 15.3 Å². The van der Waals surface area contributed by atoms with Crippen LogP contribution in [0.4, 0.5) is 10.6 Å². The summed E-state index contributed by atoms with van der Waals surface area (Å²) in [7, 11) is 1.72. The van der Waals surface area contributed by atoms with Crippen molar-refractivity contribution in [1.29, 1.82) is 0 Å². The summed E-state index contributed by atoms with van der Waals surface area (Å²) in [6.07, 6.45) is 12.2. The molecular weight excluding hydrogens is 604 g/mol. The Morgan fingerprint density at radius 2 is 1.69 bits per heavy atom. The third-order valence-electron chi connectivity index (χ3n) is 10.3. The van der Waals surface area contributed by atoms with Gasteiger partial charge in [-0.2, -0.15) is 0 Å². The molecule has 2 amide bonds. The van der Waals surface area contributed by atoms with Gasteiger partial charge in [0.1, 0.15) is 29.6 Å². The zero-order valence-corrected chi connectivity index (χ0v) is 29.3. The highest BCUT2D eigenvalue weighted by atomic mass is 16.6. The third-order valence-corrected chi connectivity index (χ3v) is 10.3. The first-order valence-corrected chi connectivity index (χ1v) is 17.9. The van der Waals surface area contributed by atoms with Crippen LogP contribution in [-0.2, 0) is 9.53 Å². The summed E-state index contributed by atoms with van der Waals surface area (Å²) in [6.45, 7) is 9.52. The molecule has 2 aromatic heterocycles. The highest BCUT2D eigenvalue weighted by Crippen LogP contribution is 2.41. The molecule has 3 aromatic rings. The van der Waals surface area contributed by atoms with Crippen LogP contribution in [0.3, 0.4) is 0 Å². The van der Waals surface area contributed by atoms with Crippen LogP contribution >= 0.6 is 0 Å². The zero-order valence-electron chi connectivity index (χ0n) is 29.3. The monoisotopic (exact) mass is 656 g/mol. The van der Waals surface area contributed by atoms with Gasteiger partial charge in [-0.15, -0.1) is 0 Å². The van der Waals surface area contributed by atoms with E-state index in [0.29, 0.717) is 62.3 Å². The molecule has 1 N–H and O–H groups in total. The van der Waals surface area contributed by atoms with Gasteiger partial charge in [0.2, 0.25) is 5.91 Å². The van der Waals surface area contributed by atoms with E-state index < -0.39 is 0 Å². The number of rotatable bonds is 10. The minimum absolute atomic E-state index is 0.0148. The molecule has 0 unspecified atom stereocenters. The summed E-state index contributed by atoms with van der Waals surface area (Å²) in [6, 6.07) is 10.5. The highest BCUT2D eigenvalue weighted by Gasteiger charge is 2.35. The van der Waals surface area contributed by atoms with Gasteiger partial charge in [0.05, 0.1) is 7.11 Å². The van der Waals surface area contributed by atoms with Crippen molar-refractivity contribution in [2.24, 2.45) is 17.3 Å². The van der Waals surface area contributed by atoms with Gasteiger partial charge in [-0.25, -0.2) is 14.8 Å². The SMILES string of the molecule is COc1ccc(C2CCC(CN(C(=O)C3CCC(OC(=O)NCC(C)(C)C)CC3)c3cc(-c4coc(C5CC5)n4)ccn3)CC2)cc1C. The second kappa shape index (κ2) is 14.7. The van der Waals surface area contributed by atoms with E-state index in [1.54, 1.807) is 19.6 Å². The molecule has 9 heteroatoms. The molecule has 0 spiro atoms. The molecule has 258 valence electrons. The Morgan fingerprint density at radius 1 is 0.958 bits per heavy atom. The molecule has 1 aromatic carbocycles. The van der Waals surface area contributed by atoms with Gasteiger partial charge >= 0.3 is 6.09 Å². The summed E-state index contributed by atoms with van der Waals surface area (Å²) < 4.78 is 17.0. The number of hydrogen-bond donors (Lipinski definition) is 1. The average Bonchev–Trinajstić information content (AvgIpc) is 3.82. The number of amides is 2. The predicted octanol–water partition coefficient (Wildman–Crippen LogP) is 8.57. The van der Waals surface area contributed by atoms with Crippen LogP contribution in [0.1, 0.15) is 114 Å².